The van der Waals surface area contributed by atoms with E-state index in [1.807, 2.05) is 0 Å². The van der Waals surface area contributed by atoms with Crippen LogP contribution in [0.25, 0.3) is 0 Å². The van der Waals surface area contributed by atoms with Crippen LogP contribution >= 0.6 is 0 Å². The summed E-state index contributed by atoms with van der Waals surface area (Å²) in [6.07, 6.45) is 2.80. The number of carbonyl (C=O) groups excluding carboxylic acids is 1. The zero-order valence-electron chi connectivity index (χ0n) is 10.6. The first-order valence-electron chi connectivity index (χ1n) is 5.50. The number of nitrogens with zero attached hydrogens (tertiary/aromatic N) is 6. The summed E-state index contributed by atoms with van der Waals surface area (Å²) in [5.74, 6) is -0.254. The molecule has 2 aromatic rings. The largest absolute Gasteiger partial charge is 0.285 e. The van der Waals surface area contributed by atoms with Crippen LogP contribution < -0.4 is 5.43 Å². The van der Waals surface area contributed by atoms with Gasteiger partial charge in [0.1, 0.15) is 12.7 Å². The third kappa shape index (κ3) is 3.60. The van der Waals surface area contributed by atoms with Gasteiger partial charge in [0.2, 0.25) is 0 Å². The molecule has 1 aromatic carbocycles. The number of benzene rings is 1. The van der Waals surface area contributed by atoms with Gasteiger partial charge in [-0.15, -0.1) is 15.3 Å². The molecule has 0 saturated heterocycles. The van der Waals surface area contributed by atoms with E-state index in [9.17, 15) is 4.79 Å². The van der Waals surface area contributed by atoms with Crippen LogP contribution in [0.1, 0.15) is 10.4 Å². The third-order valence-electron chi connectivity index (χ3n) is 2.12. The maximum Gasteiger partial charge on any atom is 0.270 e. The molecule has 0 aliphatic heterocycles. The predicted molar refractivity (Wildman–Crippen MR) is 68.4 cm³/mol. The minimum Gasteiger partial charge on any atom is -0.285 e. The van der Waals surface area contributed by atoms with E-state index in [1.165, 1.54) is 17.3 Å². The molecule has 0 unspecified atom stereocenters. The van der Waals surface area contributed by atoms with Crippen molar-refractivity contribution in [2.24, 2.45) is 10.3 Å². The lowest BCUT2D eigenvalue weighted by atomic mass is 10.2. The van der Waals surface area contributed by atoms with E-state index in [-0.39, 0.29) is 5.91 Å². The second-order valence-electron chi connectivity index (χ2n) is 3.89. The molecule has 1 N–H and O–H groups in total. The molecule has 0 atom stereocenters. The Morgan fingerprint density at radius 1 is 1.21 bits per heavy atom. The van der Waals surface area contributed by atoms with Crippen LogP contribution in [0.15, 0.2) is 47.3 Å². The lowest BCUT2D eigenvalue weighted by molar-refractivity contribution is 0.101. The van der Waals surface area contributed by atoms with Crippen LogP contribution in [0.2, 0.25) is 0 Å². The Morgan fingerprint density at radius 3 is 2.42 bits per heavy atom. The summed E-state index contributed by atoms with van der Waals surface area (Å²) in [6.45, 7) is 0. The van der Waals surface area contributed by atoms with Crippen LogP contribution in [-0.2, 0) is 0 Å². The highest BCUT2D eigenvalue weighted by Gasteiger charge is 2.05. The number of aromatic nitrogens is 3. The monoisotopic (exact) mass is 259 g/mol. The Balaban J connectivity index is 2.03. The summed E-state index contributed by atoms with van der Waals surface area (Å²) in [5, 5.41) is 16.6. The second kappa shape index (κ2) is 5.71. The van der Waals surface area contributed by atoms with Gasteiger partial charge in [0.05, 0.1) is 5.69 Å². The van der Waals surface area contributed by atoms with Gasteiger partial charge < -0.3 is 0 Å². The second-order valence-corrected chi connectivity index (χ2v) is 3.89. The van der Waals surface area contributed by atoms with Gasteiger partial charge in [-0.05, 0) is 24.3 Å². The number of nitrogens with one attached hydrogen (secondary N) is 1. The third-order valence-corrected chi connectivity index (χ3v) is 2.12. The molecule has 0 aliphatic carbocycles. The lowest BCUT2D eigenvalue weighted by Gasteiger charge is -2.04. The molecule has 0 fully saturated rings. The average Bonchev–Trinajstić information content (AvgIpc) is 2.89. The average molecular weight is 259 g/mol. The molecule has 8 heteroatoms. The maximum atomic E-state index is 11.8. The molecule has 0 saturated carbocycles. The van der Waals surface area contributed by atoms with Crippen molar-refractivity contribution in [1.29, 1.82) is 0 Å². The molecule has 0 radical (unpaired) electrons. The van der Waals surface area contributed by atoms with Gasteiger partial charge in [-0.3, -0.25) is 15.2 Å². The number of carbonyl (C=O) groups is 1. The molecular formula is C11H13N7O. The molecular weight excluding hydrogens is 246 g/mol. The van der Waals surface area contributed by atoms with Gasteiger partial charge in [-0.2, -0.15) is 0 Å². The van der Waals surface area contributed by atoms with E-state index >= 15 is 0 Å². The van der Waals surface area contributed by atoms with Crippen molar-refractivity contribution in [3.63, 3.8) is 0 Å². The van der Waals surface area contributed by atoms with Gasteiger partial charge in [-0.25, -0.2) is 4.68 Å². The number of hydrogen-bond acceptors (Lipinski definition) is 5. The van der Waals surface area contributed by atoms with E-state index in [4.69, 9.17) is 0 Å². The van der Waals surface area contributed by atoms with Crippen LogP contribution in [0.5, 0.6) is 0 Å². The first kappa shape index (κ1) is 12.7. The maximum absolute atomic E-state index is 11.8. The normalized spacial score (nSPS) is 10.6. The van der Waals surface area contributed by atoms with Gasteiger partial charge in [0, 0.05) is 19.7 Å². The highest BCUT2D eigenvalue weighted by molar-refractivity contribution is 6.00. The van der Waals surface area contributed by atoms with Crippen molar-refractivity contribution in [3.05, 3.63) is 42.5 Å². The Hall–Kier alpha value is -2.77. The summed E-state index contributed by atoms with van der Waals surface area (Å²) in [6, 6.07) is 6.77. The van der Waals surface area contributed by atoms with Gasteiger partial charge >= 0.3 is 0 Å². The minimum absolute atomic E-state index is 0.254. The molecule has 1 amide bonds. The fourth-order valence-corrected chi connectivity index (χ4v) is 1.26. The van der Waals surface area contributed by atoms with Crippen molar-refractivity contribution in [2.45, 2.75) is 0 Å². The van der Waals surface area contributed by atoms with Gasteiger partial charge in [-0.1, -0.05) is 5.22 Å². The van der Waals surface area contributed by atoms with Crippen molar-refractivity contribution in [2.75, 3.05) is 19.5 Å². The number of hydrogen-bond donors (Lipinski definition) is 1. The van der Waals surface area contributed by atoms with Crippen LogP contribution in [0.3, 0.4) is 0 Å². The Bertz CT molecular complexity index is 559. The summed E-state index contributed by atoms with van der Waals surface area (Å²) in [4.78, 5) is 11.8. The molecule has 1 heterocycles. The molecule has 98 valence electrons. The van der Waals surface area contributed by atoms with Crippen molar-refractivity contribution >= 4 is 11.6 Å². The minimum atomic E-state index is -0.254. The standard InChI is InChI=1S/C11H13N7O/c1-17(2)16-14-10-5-3-9(4-6-10)11(19)15-18-7-12-13-8-18/h3-8H,1-2H3,(H,15,19). The highest BCUT2D eigenvalue weighted by Crippen LogP contribution is 2.13. The zero-order chi connectivity index (χ0) is 13.7. The summed E-state index contributed by atoms with van der Waals surface area (Å²) >= 11 is 0. The van der Waals surface area contributed by atoms with E-state index < -0.39 is 0 Å². The summed E-state index contributed by atoms with van der Waals surface area (Å²) < 4.78 is 1.38. The van der Waals surface area contributed by atoms with Crippen molar-refractivity contribution < 1.29 is 4.79 Å². The topological polar surface area (TPSA) is 87.8 Å². The SMILES string of the molecule is CN(C)N=Nc1ccc(C(=O)Nn2cnnc2)cc1. The quantitative estimate of drug-likeness (QED) is 0.660. The molecule has 1 aromatic heterocycles. The van der Waals surface area contributed by atoms with Crippen LogP contribution in [-0.4, -0.2) is 39.9 Å². The summed E-state index contributed by atoms with van der Waals surface area (Å²) in [7, 11) is 3.56. The number of amides is 1. The Kier molecular flexibility index (Phi) is 3.81. The molecule has 0 aliphatic rings. The Morgan fingerprint density at radius 2 is 1.84 bits per heavy atom. The smallest absolute Gasteiger partial charge is 0.270 e. The summed E-state index contributed by atoms with van der Waals surface area (Å²) in [5.41, 5.74) is 3.79. The Labute approximate surface area is 109 Å². The van der Waals surface area contributed by atoms with Gasteiger partial charge in [0.25, 0.3) is 5.91 Å². The fraction of sp³-hybridized carbons (Fsp3) is 0.182. The molecule has 0 bridgehead atoms. The lowest BCUT2D eigenvalue weighted by Crippen LogP contribution is -2.21. The van der Waals surface area contributed by atoms with Crippen LogP contribution in [0.4, 0.5) is 5.69 Å². The van der Waals surface area contributed by atoms with E-state index in [0.717, 1.165) is 0 Å². The number of rotatable bonds is 4. The van der Waals surface area contributed by atoms with Crippen molar-refractivity contribution in [3.8, 4) is 0 Å². The van der Waals surface area contributed by atoms with E-state index in [0.29, 0.717) is 11.3 Å². The fourth-order valence-electron chi connectivity index (χ4n) is 1.26. The van der Waals surface area contributed by atoms with Crippen molar-refractivity contribution in [1.82, 2.24) is 19.9 Å². The first-order chi connectivity index (χ1) is 9.15. The molecule has 19 heavy (non-hydrogen) atoms. The van der Waals surface area contributed by atoms with E-state index in [2.05, 4.69) is 26.0 Å². The van der Waals surface area contributed by atoms with Crippen LogP contribution in [0, 0.1) is 0 Å². The first-order valence-corrected chi connectivity index (χ1v) is 5.50. The van der Waals surface area contributed by atoms with E-state index in [1.54, 1.807) is 43.4 Å². The molecule has 2 rings (SSSR count). The predicted octanol–water partition coefficient (Wildman–Crippen LogP) is 1.22. The highest BCUT2D eigenvalue weighted by atomic mass is 16.2. The molecule has 0 spiro atoms. The van der Waals surface area contributed by atoms with Gasteiger partial charge in [0.15, 0.2) is 0 Å². The molecule has 8 nitrogen and oxygen atoms in total. The zero-order valence-corrected chi connectivity index (χ0v) is 10.6.